The Bertz CT molecular complexity index is 3100. The van der Waals surface area contributed by atoms with E-state index in [1.54, 1.807) is 17.0 Å². The minimum atomic E-state index is -2.85. The zero-order chi connectivity index (χ0) is 51.1. The second-order valence-corrected chi connectivity index (χ2v) is 23.2. The molecule has 5 aliphatic heterocycles. The number of aliphatic imine (C=N–C) groups is 1. The number of para-hydroxylation sites is 2. The molecule has 4 amide bonds. The van der Waals surface area contributed by atoms with Crippen molar-refractivity contribution in [2.75, 3.05) is 40.7 Å². The highest BCUT2D eigenvalue weighted by atomic mass is 33.1. The number of hydroxylamine groups is 2. The number of nitrogens with zero attached hydrogens (tertiary/aromatic N) is 6. The molecular weight excluding hydrogens is 993 g/mol. The van der Waals surface area contributed by atoms with Crippen molar-refractivity contribution in [1.82, 2.24) is 10.0 Å². The van der Waals surface area contributed by atoms with Gasteiger partial charge in [0.1, 0.15) is 24.2 Å². The van der Waals surface area contributed by atoms with Gasteiger partial charge < -0.3 is 33.4 Å². The van der Waals surface area contributed by atoms with Crippen LogP contribution in [0.15, 0.2) is 96.0 Å². The maximum Gasteiger partial charge on any atom is 0.347 e. The molecule has 0 radical (unpaired) electrons. The number of fused-ring (bicyclic) bond motifs is 8. The van der Waals surface area contributed by atoms with Gasteiger partial charge in [0.2, 0.25) is 0 Å². The number of imide groups is 1. The van der Waals surface area contributed by atoms with Gasteiger partial charge in [-0.25, -0.2) is 4.79 Å². The summed E-state index contributed by atoms with van der Waals surface area (Å²) in [5.74, 6) is -1.18. The van der Waals surface area contributed by atoms with Crippen molar-refractivity contribution in [3.05, 3.63) is 130 Å². The SMILES string of the molecule is COc1cc2c(cc1OCc1cccc(COc3cc4c(cc3C)C(=O)N3c5ccccc5C[C@H]3CN4CC(C)(C)SSCCC(C(=O)ON3C(=O)CCC3=O)S(=O)[O-])n1)N=C[C@@H]1Cc3ccccc3N1C2=O. The van der Waals surface area contributed by atoms with Crippen molar-refractivity contribution >= 4 is 91.2 Å². The lowest BCUT2D eigenvalue weighted by Gasteiger charge is -2.35. The fourth-order valence-corrected chi connectivity index (χ4v) is 13.2. The number of methoxy groups -OCH3 is 1. The van der Waals surface area contributed by atoms with Crippen LogP contribution in [-0.4, -0.2) is 103 Å². The summed E-state index contributed by atoms with van der Waals surface area (Å²) in [7, 11) is 4.45. The van der Waals surface area contributed by atoms with Gasteiger partial charge in [0.25, 0.3) is 23.6 Å². The van der Waals surface area contributed by atoms with Crippen molar-refractivity contribution in [3.63, 3.8) is 0 Å². The van der Waals surface area contributed by atoms with E-state index in [0.29, 0.717) is 82.1 Å². The molecule has 0 saturated carbocycles. The van der Waals surface area contributed by atoms with Crippen molar-refractivity contribution < 1.29 is 51.8 Å². The number of aromatic nitrogens is 1. The van der Waals surface area contributed by atoms with E-state index in [1.165, 1.54) is 28.7 Å². The van der Waals surface area contributed by atoms with E-state index in [-0.39, 0.29) is 62.1 Å². The van der Waals surface area contributed by atoms with E-state index in [2.05, 4.69) is 24.8 Å². The maximum absolute atomic E-state index is 14.7. The predicted octanol–water partition coefficient (Wildman–Crippen LogP) is 7.64. The molecule has 17 nitrogen and oxygen atoms in total. The monoisotopic (exact) mass is 1040 g/mol. The summed E-state index contributed by atoms with van der Waals surface area (Å²) in [6.07, 6.45) is 2.87. The number of aryl methyl sites for hydroxylation is 1. The standard InChI is InChI=1S/C53H52N6O11S3/c1-31-20-39-43(25-44(31)68-28-34-12-9-13-35(55-34)29-69-46-24-40-38(23-45(46)67-4)50(62)57-36(26-54-40)21-32-10-5-7-14-41(32)57)56(27-37-22-33-11-6-8-15-42(33)58(37)51(39)63)30-53(2,3)72-71-19-18-47(73(65)66)52(64)70-59-48(60)16-17-49(59)61/h5-15,20,23-26,36-37,47H,16-19,21-22,27-30H2,1-4H3,(H,65,66)/p-1/t36-,37-,47?/m0/s1. The Hall–Kier alpha value is -6.74. The van der Waals surface area contributed by atoms with Gasteiger partial charge in [-0.05, 0) is 97.8 Å². The van der Waals surface area contributed by atoms with Crippen LogP contribution < -0.4 is 28.9 Å². The summed E-state index contributed by atoms with van der Waals surface area (Å²) in [5.41, 5.74) is 8.19. The van der Waals surface area contributed by atoms with E-state index < -0.39 is 38.9 Å². The Morgan fingerprint density at radius 2 is 1.47 bits per heavy atom. The van der Waals surface area contributed by atoms with Crippen molar-refractivity contribution in [1.29, 1.82) is 0 Å². The Balaban J connectivity index is 0.828. The molecule has 378 valence electrons. The zero-order valence-electron chi connectivity index (χ0n) is 40.4. The smallest absolute Gasteiger partial charge is 0.347 e. The molecule has 20 heteroatoms. The summed E-state index contributed by atoms with van der Waals surface area (Å²) >= 11 is -2.85. The van der Waals surface area contributed by atoms with E-state index in [1.807, 2.05) is 90.8 Å². The number of pyridine rings is 1. The van der Waals surface area contributed by atoms with Crippen LogP contribution in [0.2, 0.25) is 0 Å². The van der Waals surface area contributed by atoms with Gasteiger partial charge in [-0.2, -0.15) is 0 Å². The predicted molar refractivity (Wildman–Crippen MR) is 278 cm³/mol. The third-order valence-electron chi connectivity index (χ3n) is 13.3. The third kappa shape index (κ3) is 10.2. The molecule has 4 atom stereocenters. The molecule has 5 aliphatic rings. The number of anilines is 3. The van der Waals surface area contributed by atoms with Crippen LogP contribution in [-0.2, 0) is 56.4 Å². The number of carbonyl (C=O) groups excluding carboxylic acids is 5. The second-order valence-electron chi connectivity index (χ2n) is 18.9. The molecule has 2 unspecified atom stereocenters. The molecule has 4 aromatic carbocycles. The lowest BCUT2D eigenvalue weighted by Crippen LogP contribution is -2.45. The summed E-state index contributed by atoms with van der Waals surface area (Å²) in [6.45, 7) is 7.27. The summed E-state index contributed by atoms with van der Waals surface area (Å²) < 4.78 is 42.2. The van der Waals surface area contributed by atoms with Gasteiger partial charge in [-0.1, -0.05) is 64.1 Å². The fraction of sp³-hybridized carbons (Fsp3) is 0.340. The average Bonchev–Trinajstić information content (AvgIpc) is 3.99. The fourth-order valence-electron chi connectivity index (χ4n) is 9.90. The highest BCUT2D eigenvalue weighted by Crippen LogP contribution is 2.45. The van der Waals surface area contributed by atoms with Crippen LogP contribution in [0, 0.1) is 6.92 Å². The Morgan fingerprint density at radius 1 is 0.808 bits per heavy atom. The van der Waals surface area contributed by atoms with Crippen LogP contribution in [0.4, 0.5) is 22.7 Å². The van der Waals surface area contributed by atoms with Crippen LogP contribution >= 0.6 is 21.6 Å². The van der Waals surface area contributed by atoms with Crippen molar-refractivity contribution in [2.45, 2.75) is 88.2 Å². The number of hydrogen-bond acceptors (Lipinski definition) is 16. The largest absolute Gasteiger partial charge is 0.772 e. The van der Waals surface area contributed by atoms with E-state index in [4.69, 9.17) is 29.0 Å². The Morgan fingerprint density at radius 3 is 2.16 bits per heavy atom. The van der Waals surface area contributed by atoms with Gasteiger partial charge >= 0.3 is 5.97 Å². The minimum Gasteiger partial charge on any atom is -0.772 e. The lowest BCUT2D eigenvalue weighted by molar-refractivity contribution is -0.197. The van der Waals surface area contributed by atoms with E-state index >= 15 is 0 Å². The minimum absolute atomic E-state index is 0.0962. The highest BCUT2D eigenvalue weighted by Gasteiger charge is 2.42. The Kier molecular flexibility index (Phi) is 14.1. The topological polar surface area (TPSA) is 201 Å². The van der Waals surface area contributed by atoms with Gasteiger partial charge in [0, 0.05) is 72.6 Å². The molecule has 1 fully saturated rings. The molecule has 10 rings (SSSR count). The third-order valence-corrected chi connectivity index (χ3v) is 17.5. The number of carbonyl (C=O) groups is 5. The van der Waals surface area contributed by atoms with E-state index in [0.717, 1.165) is 28.1 Å². The van der Waals surface area contributed by atoms with Crippen molar-refractivity contribution in [3.8, 4) is 17.2 Å². The molecule has 0 spiro atoms. The number of rotatable bonds is 17. The average molecular weight is 1040 g/mol. The van der Waals surface area contributed by atoms with E-state index in [9.17, 15) is 32.7 Å². The number of hydrogen-bond donors (Lipinski definition) is 0. The summed E-state index contributed by atoms with van der Waals surface area (Å²) in [5, 5.41) is -1.22. The first kappa shape index (κ1) is 49.8. The molecule has 73 heavy (non-hydrogen) atoms. The quantitative estimate of drug-likeness (QED) is 0.0380. The van der Waals surface area contributed by atoms with Crippen LogP contribution in [0.25, 0.3) is 0 Å². The molecular formula is C53H51N6O11S3-. The van der Waals surface area contributed by atoms with Crippen LogP contribution in [0.1, 0.15) is 81.9 Å². The molecule has 6 heterocycles. The molecule has 0 N–H and O–H groups in total. The maximum atomic E-state index is 14.7. The zero-order valence-corrected chi connectivity index (χ0v) is 42.9. The normalized spacial score (nSPS) is 18.5. The van der Waals surface area contributed by atoms with Gasteiger partial charge in [0.15, 0.2) is 11.5 Å². The molecule has 0 bridgehead atoms. The Labute approximate surface area is 432 Å². The first-order valence-corrected chi connectivity index (χ1v) is 27.3. The summed E-state index contributed by atoms with van der Waals surface area (Å²) in [4.78, 5) is 85.7. The number of benzene rings is 4. The van der Waals surface area contributed by atoms with Gasteiger partial charge in [0.05, 0.1) is 53.1 Å². The number of amides is 4. The number of ether oxygens (including phenoxy) is 3. The molecule has 1 aromatic heterocycles. The van der Waals surface area contributed by atoms with Crippen LogP contribution in [0.3, 0.4) is 0 Å². The summed E-state index contributed by atoms with van der Waals surface area (Å²) in [6, 6.07) is 28.3. The first-order chi connectivity index (χ1) is 35.2. The lowest BCUT2D eigenvalue weighted by atomic mass is 10.0. The molecule has 0 aliphatic carbocycles. The van der Waals surface area contributed by atoms with Crippen molar-refractivity contribution in [2.24, 2.45) is 4.99 Å². The molecule has 5 aromatic rings. The first-order valence-electron chi connectivity index (χ1n) is 23.8. The van der Waals surface area contributed by atoms with Gasteiger partial charge in [-0.15, -0.1) is 5.06 Å². The second kappa shape index (κ2) is 20.6. The highest BCUT2D eigenvalue weighted by molar-refractivity contribution is 8.77. The van der Waals surface area contributed by atoms with Gasteiger partial charge in [-0.3, -0.25) is 38.3 Å². The van der Waals surface area contributed by atoms with Crippen LogP contribution in [0.5, 0.6) is 17.2 Å². The molecule has 1 saturated heterocycles.